The molecule has 3 rings (SSSR count). The van der Waals surface area contributed by atoms with Gasteiger partial charge in [0.1, 0.15) is 12.1 Å². The first-order valence-corrected chi connectivity index (χ1v) is 11.7. The summed E-state index contributed by atoms with van der Waals surface area (Å²) in [6, 6.07) is 16.2. The topological polar surface area (TPSA) is 144 Å². The van der Waals surface area contributed by atoms with Crippen molar-refractivity contribution in [3.8, 4) is 28.3 Å². The molecular formula is C28H30N4O5. The number of amides is 2. The van der Waals surface area contributed by atoms with E-state index < -0.39 is 41.4 Å². The number of aliphatic hydroxyl groups is 1. The lowest BCUT2D eigenvalue weighted by molar-refractivity contribution is -0.153. The Morgan fingerprint density at radius 1 is 0.892 bits per heavy atom. The van der Waals surface area contributed by atoms with Crippen molar-refractivity contribution in [1.82, 2.24) is 15.2 Å². The third kappa shape index (κ3) is 6.23. The molecule has 1 heterocycles. The van der Waals surface area contributed by atoms with Crippen LogP contribution >= 0.6 is 0 Å². The zero-order chi connectivity index (χ0) is 27.3. The average Bonchev–Trinajstić information content (AvgIpc) is 3.36. The Balaban J connectivity index is 1.89. The van der Waals surface area contributed by atoms with E-state index in [-0.39, 0.29) is 0 Å². The summed E-state index contributed by atoms with van der Waals surface area (Å²) >= 11 is 0. The first kappa shape index (κ1) is 27.2. The number of nitrogens with one attached hydrogen (secondary N) is 2. The van der Waals surface area contributed by atoms with Gasteiger partial charge in [0, 0.05) is 19.4 Å². The van der Waals surface area contributed by atoms with Crippen LogP contribution in [0, 0.1) is 16.7 Å². The highest BCUT2D eigenvalue weighted by Crippen LogP contribution is 2.28. The molecule has 2 amide bonds. The van der Waals surface area contributed by atoms with Crippen molar-refractivity contribution in [2.75, 3.05) is 7.05 Å². The maximum Gasteiger partial charge on any atom is 0.335 e. The van der Waals surface area contributed by atoms with Crippen LogP contribution in [0.25, 0.3) is 22.3 Å². The monoisotopic (exact) mass is 502 g/mol. The zero-order valence-corrected chi connectivity index (χ0v) is 21.1. The van der Waals surface area contributed by atoms with Crippen LogP contribution in [0.5, 0.6) is 0 Å². The van der Waals surface area contributed by atoms with Gasteiger partial charge in [-0.25, -0.2) is 4.79 Å². The summed E-state index contributed by atoms with van der Waals surface area (Å²) in [5.41, 5.74) is 3.35. The van der Waals surface area contributed by atoms with E-state index in [0.717, 1.165) is 16.7 Å². The molecule has 2 aromatic carbocycles. The van der Waals surface area contributed by atoms with E-state index in [9.17, 15) is 24.6 Å². The van der Waals surface area contributed by atoms with Crippen molar-refractivity contribution in [1.29, 1.82) is 5.26 Å². The Morgan fingerprint density at radius 3 is 1.86 bits per heavy atom. The molecule has 9 nitrogen and oxygen atoms in total. The number of nitrogens with zero attached hydrogens (tertiary/aromatic N) is 2. The van der Waals surface area contributed by atoms with E-state index in [0.29, 0.717) is 11.1 Å². The van der Waals surface area contributed by atoms with Crippen LogP contribution in [-0.2, 0) is 14.4 Å². The molecule has 0 fully saturated rings. The Labute approximate surface area is 215 Å². The smallest absolute Gasteiger partial charge is 0.335 e. The van der Waals surface area contributed by atoms with Crippen molar-refractivity contribution in [2.24, 2.45) is 5.41 Å². The second-order valence-corrected chi connectivity index (χ2v) is 9.76. The van der Waals surface area contributed by atoms with E-state index in [4.69, 9.17) is 5.26 Å². The van der Waals surface area contributed by atoms with E-state index in [2.05, 4.69) is 16.7 Å². The summed E-state index contributed by atoms with van der Waals surface area (Å²) in [5, 5.41) is 34.0. The van der Waals surface area contributed by atoms with Gasteiger partial charge in [0.25, 0.3) is 0 Å². The Bertz CT molecular complexity index is 1310. The van der Waals surface area contributed by atoms with Gasteiger partial charge in [-0.3, -0.25) is 9.59 Å². The predicted octanol–water partition coefficient (Wildman–Crippen LogP) is 2.96. The number of carboxylic acid groups (broad SMARTS) is 1. The van der Waals surface area contributed by atoms with Crippen molar-refractivity contribution >= 4 is 17.8 Å². The van der Waals surface area contributed by atoms with Gasteiger partial charge in [0.05, 0.1) is 11.6 Å². The summed E-state index contributed by atoms with van der Waals surface area (Å²) in [7, 11) is 1.45. The van der Waals surface area contributed by atoms with Crippen molar-refractivity contribution in [3.05, 3.63) is 72.6 Å². The number of carbonyl (C=O) groups excluding carboxylic acids is 2. The lowest BCUT2D eigenvalue weighted by Crippen LogP contribution is -2.55. The van der Waals surface area contributed by atoms with Crippen molar-refractivity contribution < 1.29 is 24.6 Å². The molecule has 0 saturated carbocycles. The normalized spacial score (nSPS) is 13.6. The number of likely N-dealkylation sites (N-methyl/N-ethyl adjacent to an activating group) is 1. The zero-order valence-electron chi connectivity index (χ0n) is 21.1. The largest absolute Gasteiger partial charge is 0.479 e. The third-order valence-electron chi connectivity index (χ3n) is 6.08. The maximum absolute atomic E-state index is 13.2. The molecular weight excluding hydrogens is 472 g/mol. The number of aliphatic hydroxyl groups excluding tert-OH is 1. The van der Waals surface area contributed by atoms with Gasteiger partial charge in [0.15, 0.2) is 6.10 Å². The van der Waals surface area contributed by atoms with Crippen molar-refractivity contribution in [3.63, 3.8) is 0 Å². The first-order valence-electron chi connectivity index (χ1n) is 11.7. The van der Waals surface area contributed by atoms with Gasteiger partial charge >= 0.3 is 5.97 Å². The molecule has 0 spiro atoms. The Hall–Kier alpha value is -4.42. The summed E-state index contributed by atoms with van der Waals surface area (Å²) in [6.07, 6.45) is 1.06. The molecule has 9 heteroatoms. The molecule has 0 saturated heterocycles. The van der Waals surface area contributed by atoms with Crippen LogP contribution in [0.3, 0.4) is 0 Å². The SMILES string of the molecule is CNC(=O)[C@@H](NC(=O)[C@@H]([C@H](O)C(=O)O)n1ccc(-c2ccc(-c3ccc(C#N)cc3)cc2)c1)C(C)(C)C. The highest BCUT2D eigenvalue weighted by Gasteiger charge is 2.38. The summed E-state index contributed by atoms with van der Waals surface area (Å²) in [5.74, 6) is -2.79. The lowest BCUT2D eigenvalue weighted by atomic mass is 9.86. The van der Waals surface area contributed by atoms with Gasteiger partial charge in [-0.1, -0.05) is 57.2 Å². The number of hydrogen-bond acceptors (Lipinski definition) is 5. The molecule has 1 aromatic heterocycles. The second kappa shape index (κ2) is 11.1. The van der Waals surface area contributed by atoms with E-state index >= 15 is 0 Å². The van der Waals surface area contributed by atoms with Crippen LogP contribution < -0.4 is 10.6 Å². The van der Waals surface area contributed by atoms with Crippen LogP contribution in [-0.4, -0.2) is 51.8 Å². The van der Waals surface area contributed by atoms with Crippen LogP contribution in [0.4, 0.5) is 0 Å². The Morgan fingerprint density at radius 2 is 1.41 bits per heavy atom. The van der Waals surface area contributed by atoms with Gasteiger partial charge in [-0.05, 0) is 45.9 Å². The van der Waals surface area contributed by atoms with Crippen LogP contribution in [0.1, 0.15) is 32.4 Å². The van der Waals surface area contributed by atoms with Gasteiger partial charge < -0.3 is 25.4 Å². The highest BCUT2D eigenvalue weighted by atomic mass is 16.4. The standard InChI is InChI=1S/C28H30N4O5/c1-28(2,3)24(26(35)30-4)31-25(34)22(23(33)27(36)37)32-14-13-21(16-32)20-11-9-19(10-12-20)18-7-5-17(15-29)6-8-18/h5-14,16,22-24,33H,1-4H3,(H,30,35)(H,31,34)(H,36,37)/t22-,23+,24-/m1/s1. The minimum atomic E-state index is -2.04. The average molecular weight is 503 g/mol. The lowest BCUT2D eigenvalue weighted by Gasteiger charge is -2.32. The molecule has 0 aliphatic rings. The first-order chi connectivity index (χ1) is 17.5. The number of hydrogen-bond donors (Lipinski definition) is 4. The van der Waals surface area contributed by atoms with Gasteiger partial charge in [-0.15, -0.1) is 0 Å². The fourth-order valence-corrected chi connectivity index (χ4v) is 3.97. The number of aliphatic carboxylic acids is 1. The molecule has 0 aliphatic carbocycles. The summed E-state index contributed by atoms with van der Waals surface area (Å²) in [4.78, 5) is 37.2. The van der Waals surface area contributed by atoms with Crippen molar-refractivity contribution in [2.45, 2.75) is 39.0 Å². The van der Waals surface area contributed by atoms with Crippen LogP contribution in [0.2, 0.25) is 0 Å². The van der Waals surface area contributed by atoms with E-state index in [1.807, 2.05) is 36.4 Å². The fourth-order valence-electron chi connectivity index (χ4n) is 3.97. The summed E-state index contributed by atoms with van der Waals surface area (Å²) < 4.78 is 1.33. The molecule has 3 aromatic rings. The van der Waals surface area contributed by atoms with Gasteiger partial charge in [0.2, 0.25) is 11.8 Å². The van der Waals surface area contributed by atoms with E-state index in [1.165, 1.54) is 17.8 Å². The Kier molecular flexibility index (Phi) is 8.15. The number of carboxylic acids is 1. The fraction of sp³-hybridized carbons (Fsp3) is 0.286. The molecule has 0 radical (unpaired) electrons. The summed E-state index contributed by atoms with van der Waals surface area (Å²) in [6.45, 7) is 5.31. The highest BCUT2D eigenvalue weighted by molar-refractivity contribution is 5.92. The van der Waals surface area contributed by atoms with E-state index in [1.54, 1.807) is 45.2 Å². The quantitative estimate of drug-likeness (QED) is 0.373. The molecule has 192 valence electrons. The maximum atomic E-state index is 13.2. The molecule has 0 bridgehead atoms. The molecule has 4 N–H and O–H groups in total. The minimum Gasteiger partial charge on any atom is -0.479 e. The number of nitriles is 1. The molecule has 3 atom stereocenters. The van der Waals surface area contributed by atoms with Crippen LogP contribution in [0.15, 0.2) is 67.0 Å². The second-order valence-electron chi connectivity index (χ2n) is 9.76. The minimum absolute atomic E-state index is 0.431. The number of rotatable bonds is 8. The third-order valence-corrected chi connectivity index (χ3v) is 6.08. The number of carbonyl (C=O) groups is 3. The number of aromatic nitrogens is 1. The molecule has 0 unspecified atom stereocenters. The molecule has 37 heavy (non-hydrogen) atoms. The van der Waals surface area contributed by atoms with Gasteiger partial charge in [-0.2, -0.15) is 5.26 Å². The molecule has 0 aliphatic heterocycles. The number of benzene rings is 2. The predicted molar refractivity (Wildman–Crippen MR) is 138 cm³/mol.